The number of piperidine rings is 1. The fourth-order valence-electron chi connectivity index (χ4n) is 2.76. The Kier molecular flexibility index (Phi) is 4.94. The largest absolute Gasteiger partial charge is 0.493 e. The van der Waals surface area contributed by atoms with Crippen molar-refractivity contribution in [3.05, 3.63) is 22.2 Å². The lowest BCUT2D eigenvalue weighted by molar-refractivity contribution is 0.351. The fraction of sp³-hybridized carbons (Fsp3) is 0.600. The Bertz CT molecular complexity index is 442. The number of hydrogen-bond acceptors (Lipinski definition) is 3. The van der Waals surface area contributed by atoms with Gasteiger partial charge in [0.25, 0.3) is 0 Å². The third-order valence-corrected chi connectivity index (χ3v) is 4.11. The summed E-state index contributed by atoms with van der Waals surface area (Å²) in [4.78, 5) is 0. The van der Waals surface area contributed by atoms with Gasteiger partial charge in [-0.3, -0.25) is 0 Å². The van der Waals surface area contributed by atoms with Gasteiger partial charge in [0, 0.05) is 6.04 Å². The standard InChI is InChI=1S/C15H22ClNO2/c1-10-11(8-12-6-4-5-7-17-12)9-13(16)15(19-3)14(10)18-2/h9,12,17H,4-8H2,1-3H3. The van der Waals surface area contributed by atoms with Crippen molar-refractivity contribution in [3.8, 4) is 11.5 Å². The van der Waals surface area contributed by atoms with E-state index in [0.717, 1.165) is 24.3 Å². The molecule has 1 aromatic rings. The molecule has 0 aromatic heterocycles. The van der Waals surface area contributed by atoms with Gasteiger partial charge in [0.05, 0.1) is 19.2 Å². The number of methoxy groups -OCH3 is 2. The Labute approximate surface area is 120 Å². The summed E-state index contributed by atoms with van der Waals surface area (Å²) in [6.07, 6.45) is 4.80. The lowest BCUT2D eigenvalue weighted by atomic mass is 9.94. The van der Waals surface area contributed by atoms with Crippen molar-refractivity contribution in [1.82, 2.24) is 5.32 Å². The van der Waals surface area contributed by atoms with E-state index in [2.05, 4.69) is 12.2 Å². The lowest BCUT2D eigenvalue weighted by Crippen LogP contribution is -2.35. The molecule has 1 fully saturated rings. The van der Waals surface area contributed by atoms with Gasteiger partial charge in [0.1, 0.15) is 0 Å². The van der Waals surface area contributed by atoms with Crippen LogP contribution >= 0.6 is 11.6 Å². The quantitative estimate of drug-likeness (QED) is 0.919. The molecule has 1 heterocycles. The SMILES string of the molecule is COc1c(Cl)cc(CC2CCCCN2)c(C)c1OC. The number of halogens is 1. The van der Waals surface area contributed by atoms with E-state index >= 15 is 0 Å². The zero-order valence-electron chi connectivity index (χ0n) is 11.9. The molecule has 1 aromatic carbocycles. The molecule has 106 valence electrons. The average molecular weight is 284 g/mol. The summed E-state index contributed by atoms with van der Waals surface area (Å²) in [5, 5.41) is 4.19. The second-order valence-corrected chi connectivity index (χ2v) is 5.47. The van der Waals surface area contributed by atoms with Gasteiger partial charge in [-0.15, -0.1) is 0 Å². The van der Waals surface area contributed by atoms with Gasteiger partial charge in [0.2, 0.25) is 0 Å². The maximum atomic E-state index is 6.28. The molecule has 0 bridgehead atoms. The van der Waals surface area contributed by atoms with Crippen LogP contribution in [-0.4, -0.2) is 26.8 Å². The Morgan fingerprint density at radius 3 is 2.58 bits per heavy atom. The van der Waals surface area contributed by atoms with E-state index in [4.69, 9.17) is 21.1 Å². The molecule has 0 radical (unpaired) electrons. The van der Waals surface area contributed by atoms with Crippen molar-refractivity contribution in [1.29, 1.82) is 0 Å². The van der Waals surface area contributed by atoms with Crippen molar-refractivity contribution in [2.45, 2.75) is 38.6 Å². The molecule has 0 aliphatic carbocycles. The van der Waals surface area contributed by atoms with Crippen LogP contribution in [0.3, 0.4) is 0 Å². The molecule has 19 heavy (non-hydrogen) atoms. The van der Waals surface area contributed by atoms with Crippen LogP contribution in [0.1, 0.15) is 30.4 Å². The summed E-state index contributed by atoms with van der Waals surface area (Å²) in [5.74, 6) is 1.38. The molecule has 1 atom stereocenters. The van der Waals surface area contributed by atoms with Gasteiger partial charge in [-0.1, -0.05) is 18.0 Å². The normalized spacial score (nSPS) is 19.3. The van der Waals surface area contributed by atoms with E-state index in [1.54, 1.807) is 14.2 Å². The molecule has 0 saturated carbocycles. The Morgan fingerprint density at radius 1 is 1.26 bits per heavy atom. The van der Waals surface area contributed by atoms with Crippen molar-refractivity contribution in [3.63, 3.8) is 0 Å². The van der Waals surface area contributed by atoms with Gasteiger partial charge >= 0.3 is 0 Å². The summed E-state index contributed by atoms with van der Waals surface area (Å²) in [6.45, 7) is 3.18. The zero-order chi connectivity index (χ0) is 13.8. The number of rotatable bonds is 4. The topological polar surface area (TPSA) is 30.5 Å². The van der Waals surface area contributed by atoms with Crippen LogP contribution in [0, 0.1) is 6.92 Å². The van der Waals surface area contributed by atoms with Gasteiger partial charge in [-0.25, -0.2) is 0 Å². The molecule has 0 spiro atoms. The van der Waals surface area contributed by atoms with Crippen molar-refractivity contribution >= 4 is 11.6 Å². The van der Waals surface area contributed by atoms with Gasteiger partial charge in [-0.2, -0.15) is 0 Å². The molecule has 2 rings (SSSR count). The molecule has 1 aliphatic heterocycles. The highest BCUT2D eigenvalue weighted by atomic mass is 35.5. The predicted molar refractivity (Wildman–Crippen MR) is 78.6 cm³/mol. The maximum absolute atomic E-state index is 6.28. The number of ether oxygens (including phenoxy) is 2. The summed E-state index contributed by atoms with van der Waals surface area (Å²) < 4.78 is 10.8. The second-order valence-electron chi connectivity index (χ2n) is 5.06. The summed E-state index contributed by atoms with van der Waals surface area (Å²) in [7, 11) is 3.27. The molecule has 0 amide bonds. The third-order valence-electron chi connectivity index (χ3n) is 3.83. The second kappa shape index (κ2) is 6.49. The minimum Gasteiger partial charge on any atom is -0.493 e. The van der Waals surface area contributed by atoms with Crippen molar-refractivity contribution in [2.24, 2.45) is 0 Å². The molecule has 1 saturated heterocycles. The molecule has 1 unspecified atom stereocenters. The molecule has 3 nitrogen and oxygen atoms in total. The average Bonchev–Trinajstić information content (AvgIpc) is 2.43. The molecular weight excluding hydrogens is 262 g/mol. The van der Waals surface area contributed by atoms with E-state index in [1.807, 2.05) is 6.07 Å². The molecular formula is C15H22ClNO2. The number of hydrogen-bond donors (Lipinski definition) is 1. The van der Waals surface area contributed by atoms with Crippen LogP contribution in [0.15, 0.2) is 6.07 Å². The zero-order valence-corrected chi connectivity index (χ0v) is 12.6. The molecule has 4 heteroatoms. The third kappa shape index (κ3) is 3.15. The van der Waals surface area contributed by atoms with E-state index in [1.165, 1.54) is 24.8 Å². The smallest absolute Gasteiger partial charge is 0.179 e. The van der Waals surface area contributed by atoms with Crippen LogP contribution in [-0.2, 0) is 6.42 Å². The van der Waals surface area contributed by atoms with Crippen LogP contribution in [0.5, 0.6) is 11.5 Å². The first kappa shape index (κ1) is 14.5. The van der Waals surface area contributed by atoms with E-state index in [9.17, 15) is 0 Å². The van der Waals surface area contributed by atoms with E-state index in [0.29, 0.717) is 16.8 Å². The van der Waals surface area contributed by atoms with Crippen molar-refractivity contribution < 1.29 is 9.47 Å². The highest BCUT2D eigenvalue weighted by Gasteiger charge is 2.19. The number of nitrogens with one attached hydrogen (secondary N) is 1. The lowest BCUT2D eigenvalue weighted by Gasteiger charge is -2.25. The van der Waals surface area contributed by atoms with E-state index < -0.39 is 0 Å². The first-order valence-electron chi connectivity index (χ1n) is 6.80. The Hall–Kier alpha value is -0.930. The minimum absolute atomic E-state index is 0.543. The molecule has 1 N–H and O–H groups in total. The van der Waals surface area contributed by atoms with Gasteiger partial charge in [0.15, 0.2) is 11.5 Å². The maximum Gasteiger partial charge on any atom is 0.179 e. The first-order chi connectivity index (χ1) is 9.17. The van der Waals surface area contributed by atoms with Gasteiger partial charge in [-0.05, 0) is 49.9 Å². The Morgan fingerprint density at radius 2 is 2.00 bits per heavy atom. The van der Waals surface area contributed by atoms with Crippen LogP contribution < -0.4 is 14.8 Å². The van der Waals surface area contributed by atoms with Crippen LogP contribution in [0.4, 0.5) is 0 Å². The Balaban J connectivity index is 2.27. The van der Waals surface area contributed by atoms with Crippen LogP contribution in [0.25, 0.3) is 0 Å². The monoisotopic (exact) mass is 283 g/mol. The summed E-state index contributed by atoms with van der Waals surface area (Å²) in [5.41, 5.74) is 2.36. The predicted octanol–water partition coefficient (Wildman–Crippen LogP) is 3.35. The fourth-order valence-corrected chi connectivity index (χ4v) is 3.06. The highest BCUT2D eigenvalue weighted by molar-refractivity contribution is 6.32. The minimum atomic E-state index is 0.543. The van der Waals surface area contributed by atoms with E-state index in [-0.39, 0.29) is 0 Å². The first-order valence-corrected chi connectivity index (χ1v) is 7.18. The van der Waals surface area contributed by atoms with Crippen molar-refractivity contribution in [2.75, 3.05) is 20.8 Å². The summed E-state index contributed by atoms with van der Waals surface area (Å²) >= 11 is 6.28. The summed E-state index contributed by atoms with van der Waals surface area (Å²) in [6, 6.07) is 2.55. The highest BCUT2D eigenvalue weighted by Crippen LogP contribution is 2.40. The number of benzene rings is 1. The van der Waals surface area contributed by atoms with Crippen LogP contribution in [0.2, 0.25) is 5.02 Å². The van der Waals surface area contributed by atoms with Gasteiger partial charge < -0.3 is 14.8 Å². The molecule has 1 aliphatic rings.